The minimum atomic E-state index is -2.38. The molecule has 1 amide bonds. The van der Waals surface area contributed by atoms with Gasteiger partial charge in [-0.3, -0.25) is 4.79 Å². The van der Waals surface area contributed by atoms with Gasteiger partial charge in [-0.05, 0) is 30.4 Å². The molecule has 1 aliphatic carbocycles. The standard InChI is InChI=1S/C17H18F2N4O2/c18-14(19)12-9-23(10-17(12)6-7-17)13(24)8-20-16-22-21-15(25-16)11-4-2-1-3-5-11/h1-5,12,14H,6-10H2,(H,20,22). The highest BCUT2D eigenvalue weighted by molar-refractivity contribution is 5.80. The monoisotopic (exact) mass is 348 g/mol. The van der Waals surface area contributed by atoms with Crippen molar-refractivity contribution in [1.29, 1.82) is 0 Å². The lowest BCUT2D eigenvalue weighted by Gasteiger charge is -2.16. The lowest BCUT2D eigenvalue weighted by Crippen LogP contribution is -2.34. The Labute approximate surface area is 143 Å². The first-order valence-corrected chi connectivity index (χ1v) is 8.26. The van der Waals surface area contributed by atoms with Crippen LogP contribution < -0.4 is 5.32 Å². The molecule has 0 radical (unpaired) electrons. The Balaban J connectivity index is 1.35. The van der Waals surface area contributed by atoms with Crippen molar-refractivity contribution in [3.05, 3.63) is 30.3 Å². The molecule has 8 heteroatoms. The van der Waals surface area contributed by atoms with Crippen molar-refractivity contribution >= 4 is 11.9 Å². The van der Waals surface area contributed by atoms with Gasteiger partial charge in [-0.25, -0.2) is 8.78 Å². The number of nitrogens with one attached hydrogen (secondary N) is 1. The van der Waals surface area contributed by atoms with Crippen molar-refractivity contribution in [2.45, 2.75) is 19.3 Å². The van der Waals surface area contributed by atoms with Crippen LogP contribution >= 0.6 is 0 Å². The Morgan fingerprint density at radius 3 is 2.72 bits per heavy atom. The number of rotatable bonds is 5. The minimum Gasteiger partial charge on any atom is -0.403 e. The van der Waals surface area contributed by atoms with Gasteiger partial charge in [-0.2, -0.15) is 0 Å². The third-order valence-electron chi connectivity index (χ3n) is 5.10. The van der Waals surface area contributed by atoms with E-state index in [4.69, 9.17) is 4.42 Å². The van der Waals surface area contributed by atoms with Crippen LogP contribution in [0.2, 0.25) is 0 Å². The zero-order chi connectivity index (χ0) is 17.4. The number of likely N-dealkylation sites (tertiary alicyclic amines) is 1. The van der Waals surface area contributed by atoms with Gasteiger partial charge in [0.25, 0.3) is 0 Å². The number of amides is 1. The third-order valence-corrected chi connectivity index (χ3v) is 5.10. The van der Waals surface area contributed by atoms with Crippen LogP contribution in [0.15, 0.2) is 34.7 Å². The SMILES string of the molecule is O=C(CNc1nnc(-c2ccccc2)o1)N1CC(C(F)F)C2(CC2)C1. The van der Waals surface area contributed by atoms with Crippen molar-refractivity contribution in [3.8, 4) is 11.5 Å². The van der Waals surface area contributed by atoms with Gasteiger partial charge in [0.1, 0.15) is 0 Å². The van der Waals surface area contributed by atoms with Crippen molar-refractivity contribution in [1.82, 2.24) is 15.1 Å². The predicted octanol–water partition coefficient (Wildman–Crippen LogP) is 2.65. The summed E-state index contributed by atoms with van der Waals surface area (Å²) in [5.41, 5.74) is 0.429. The number of hydrogen-bond acceptors (Lipinski definition) is 5. The van der Waals surface area contributed by atoms with E-state index < -0.39 is 12.3 Å². The first kappa shape index (κ1) is 16.0. The Bertz CT molecular complexity index is 761. The predicted molar refractivity (Wildman–Crippen MR) is 86.0 cm³/mol. The summed E-state index contributed by atoms with van der Waals surface area (Å²) in [6.45, 7) is 0.487. The van der Waals surface area contributed by atoms with E-state index >= 15 is 0 Å². The number of carbonyl (C=O) groups excluding carboxylic acids is 1. The van der Waals surface area contributed by atoms with E-state index in [1.165, 1.54) is 4.90 Å². The molecule has 1 aromatic heterocycles. The van der Waals surface area contributed by atoms with E-state index in [0.717, 1.165) is 18.4 Å². The van der Waals surface area contributed by atoms with Gasteiger partial charge >= 0.3 is 6.01 Å². The van der Waals surface area contributed by atoms with E-state index in [1.807, 2.05) is 30.3 Å². The molecule has 132 valence electrons. The van der Waals surface area contributed by atoms with Crippen LogP contribution in [0.4, 0.5) is 14.8 Å². The highest BCUT2D eigenvalue weighted by Crippen LogP contribution is 2.57. The number of alkyl halides is 2. The van der Waals surface area contributed by atoms with E-state index in [9.17, 15) is 13.6 Å². The average molecular weight is 348 g/mol. The molecule has 1 aromatic carbocycles. The van der Waals surface area contributed by atoms with Crippen LogP contribution in [0.3, 0.4) is 0 Å². The average Bonchev–Trinajstić information content (AvgIpc) is 3.07. The van der Waals surface area contributed by atoms with E-state index in [-0.39, 0.29) is 30.4 Å². The molecular weight excluding hydrogens is 330 g/mol. The summed E-state index contributed by atoms with van der Waals surface area (Å²) >= 11 is 0. The fourth-order valence-corrected chi connectivity index (χ4v) is 3.47. The van der Waals surface area contributed by atoms with Crippen LogP contribution in [-0.2, 0) is 4.79 Å². The maximum Gasteiger partial charge on any atom is 0.316 e. The Kier molecular flexibility index (Phi) is 3.89. The number of carbonyl (C=O) groups is 1. The van der Waals surface area contributed by atoms with Gasteiger partial charge in [0, 0.05) is 24.6 Å². The minimum absolute atomic E-state index is 0.0531. The van der Waals surface area contributed by atoms with E-state index in [1.54, 1.807) is 0 Å². The number of aromatic nitrogens is 2. The zero-order valence-corrected chi connectivity index (χ0v) is 13.5. The van der Waals surface area contributed by atoms with E-state index in [2.05, 4.69) is 15.5 Å². The number of benzene rings is 1. The highest BCUT2D eigenvalue weighted by Gasteiger charge is 2.58. The number of anilines is 1. The molecule has 4 rings (SSSR count). The zero-order valence-electron chi connectivity index (χ0n) is 13.5. The topological polar surface area (TPSA) is 71.3 Å². The molecule has 25 heavy (non-hydrogen) atoms. The molecule has 2 heterocycles. The second-order valence-electron chi connectivity index (χ2n) is 6.71. The number of hydrogen-bond donors (Lipinski definition) is 1. The Morgan fingerprint density at radius 1 is 1.32 bits per heavy atom. The Morgan fingerprint density at radius 2 is 2.08 bits per heavy atom. The summed E-state index contributed by atoms with van der Waals surface area (Å²) in [7, 11) is 0. The maximum absolute atomic E-state index is 13.1. The van der Waals surface area contributed by atoms with Gasteiger partial charge in [-0.15, -0.1) is 5.10 Å². The summed E-state index contributed by atoms with van der Waals surface area (Å²) in [5.74, 6) is -0.579. The molecule has 1 saturated carbocycles. The first-order chi connectivity index (χ1) is 12.1. The van der Waals surface area contributed by atoms with Crippen LogP contribution in [-0.4, -0.2) is 47.1 Å². The second kappa shape index (κ2) is 6.09. The summed E-state index contributed by atoms with van der Waals surface area (Å²) in [4.78, 5) is 13.8. The normalized spacial score (nSPS) is 21.1. The van der Waals surface area contributed by atoms with Crippen molar-refractivity contribution in [2.24, 2.45) is 11.3 Å². The lowest BCUT2D eigenvalue weighted by atomic mass is 9.93. The molecule has 0 bridgehead atoms. The summed E-state index contributed by atoms with van der Waals surface area (Å²) < 4.78 is 31.8. The van der Waals surface area contributed by atoms with Crippen LogP contribution in [0, 0.1) is 11.3 Å². The molecule has 1 unspecified atom stereocenters. The highest BCUT2D eigenvalue weighted by atomic mass is 19.3. The molecule has 1 atom stereocenters. The maximum atomic E-state index is 13.1. The number of halogens is 2. The quantitative estimate of drug-likeness (QED) is 0.899. The fraction of sp³-hybridized carbons (Fsp3) is 0.471. The Hall–Kier alpha value is -2.51. The molecule has 2 fully saturated rings. The van der Waals surface area contributed by atoms with Gasteiger partial charge in [0.15, 0.2) is 0 Å². The molecule has 2 aromatic rings. The fourth-order valence-electron chi connectivity index (χ4n) is 3.47. The summed E-state index contributed by atoms with van der Waals surface area (Å²) in [5, 5.41) is 10.6. The molecule has 1 aliphatic heterocycles. The van der Waals surface area contributed by atoms with Crippen molar-refractivity contribution < 1.29 is 18.0 Å². The molecule has 1 saturated heterocycles. The van der Waals surface area contributed by atoms with Gasteiger partial charge in [0.2, 0.25) is 18.2 Å². The van der Waals surface area contributed by atoms with Crippen LogP contribution in [0.5, 0.6) is 0 Å². The van der Waals surface area contributed by atoms with Crippen LogP contribution in [0.1, 0.15) is 12.8 Å². The summed E-state index contributed by atoms with van der Waals surface area (Å²) in [6, 6.07) is 9.41. The summed E-state index contributed by atoms with van der Waals surface area (Å²) in [6.07, 6.45) is -0.815. The van der Waals surface area contributed by atoms with Gasteiger partial charge < -0.3 is 14.6 Å². The first-order valence-electron chi connectivity index (χ1n) is 8.26. The number of nitrogens with zero attached hydrogens (tertiary/aromatic N) is 3. The van der Waals surface area contributed by atoms with Gasteiger partial charge in [0.05, 0.1) is 6.54 Å². The molecular formula is C17H18F2N4O2. The largest absolute Gasteiger partial charge is 0.403 e. The molecule has 1 spiro atoms. The van der Waals surface area contributed by atoms with Crippen LogP contribution in [0.25, 0.3) is 11.5 Å². The second-order valence-corrected chi connectivity index (χ2v) is 6.71. The molecule has 1 N–H and O–H groups in total. The van der Waals surface area contributed by atoms with Gasteiger partial charge in [-0.1, -0.05) is 23.3 Å². The van der Waals surface area contributed by atoms with Crippen molar-refractivity contribution in [3.63, 3.8) is 0 Å². The molecule has 6 nitrogen and oxygen atoms in total. The third kappa shape index (κ3) is 3.08. The lowest BCUT2D eigenvalue weighted by molar-refractivity contribution is -0.128. The van der Waals surface area contributed by atoms with Crippen molar-refractivity contribution in [2.75, 3.05) is 25.0 Å². The van der Waals surface area contributed by atoms with E-state index in [0.29, 0.717) is 12.4 Å². The molecule has 2 aliphatic rings. The smallest absolute Gasteiger partial charge is 0.316 e.